The van der Waals surface area contributed by atoms with E-state index >= 15 is 0 Å². The first kappa shape index (κ1) is 14.9. The van der Waals surface area contributed by atoms with Crippen LogP contribution in [0.2, 0.25) is 5.02 Å². The van der Waals surface area contributed by atoms with Gasteiger partial charge in [0.1, 0.15) is 11.6 Å². The van der Waals surface area contributed by atoms with Crippen molar-refractivity contribution in [1.82, 2.24) is 5.32 Å². The third-order valence-corrected chi connectivity index (χ3v) is 3.31. The number of halogens is 3. The van der Waals surface area contributed by atoms with Crippen molar-refractivity contribution in [3.05, 3.63) is 58.6 Å². The fourth-order valence-corrected chi connectivity index (χ4v) is 2.17. The molecular formula is C16H16ClF2N. The molecule has 2 aromatic carbocycles. The molecule has 2 aromatic rings. The number of hydrogen-bond acceptors (Lipinski definition) is 1. The Hall–Kier alpha value is -1.45. The first-order valence-corrected chi connectivity index (χ1v) is 6.82. The lowest BCUT2D eigenvalue weighted by Crippen LogP contribution is -2.22. The quantitative estimate of drug-likeness (QED) is 0.855. The molecule has 1 N–H and O–H groups in total. The van der Waals surface area contributed by atoms with Crippen molar-refractivity contribution in [2.75, 3.05) is 0 Å². The topological polar surface area (TPSA) is 12.0 Å². The number of rotatable bonds is 4. The average molecular weight is 296 g/mol. The Morgan fingerprint density at radius 2 is 1.85 bits per heavy atom. The third kappa shape index (κ3) is 3.56. The fraction of sp³-hybridized carbons (Fsp3) is 0.250. The number of hydrogen-bond donors (Lipinski definition) is 1. The molecule has 106 valence electrons. The first-order chi connectivity index (χ1) is 9.47. The zero-order chi connectivity index (χ0) is 14.7. The van der Waals surface area contributed by atoms with Crippen LogP contribution in [-0.4, -0.2) is 6.04 Å². The standard InChI is InChI=1S/C16H16ClF2N/c1-10(2)20-9-12-4-3-11(7-16(12)19)14-6-5-13(18)8-15(14)17/h3-8,10,20H,9H2,1-2H3. The second-order valence-corrected chi connectivity index (χ2v) is 5.37. The van der Waals surface area contributed by atoms with Crippen LogP contribution in [0.4, 0.5) is 8.78 Å². The summed E-state index contributed by atoms with van der Waals surface area (Å²) in [5.41, 5.74) is 1.86. The summed E-state index contributed by atoms with van der Waals surface area (Å²) in [6.07, 6.45) is 0. The highest BCUT2D eigenvalue weighted by atomic mass is 35.5. The predicted molar refractivity (Wildman–Crippen MR) is 78.8 cm³/mol. The maximum absolute atomic E-state index is 14.0. The predicted octanol–water partition coefficient (Wildman–Crippen LogP) is 4.78. The summed E-state index contributed by atoms with van der Waals surface area (Å²) in [7, 11) is 0. The minimum atomic E-state index is -0.406. The highest BCUT2D eigenvalue weighted by Gasteiger charge is 2.09. The monoisotopic (exact) mass is 295 g/mol. The average Bonchev–Trinajstić information content (AvgIpc) is 2.37. The third-order valence-electron chi connectivity index (χ3n) is 3.00. The summed E-state index contributed by atoms with van der Waals surface area (Å²) in [5.74, 6) is -0.701. The second-order valence-electron chi connectivity index (χ2n) is 4.97. The lowest BCUT2D eigenvalue weighted by molar-refractivity contribution is 0.553. The SMILES string of the molecule is CC(C)NCc1ccc(-c2ccc(F)cc2Cl)cc1F. The highest BCUT2D eigenvalue weighted by molar-refractivity contribution is 6.33. The lowest BCUT2D eigenvalue weighted by atomic mass is 10.0. The molecular weight excluding hydrogens is 280 g/mol. The number of nitrogens with one attached hydrogen (secondary N) is 1. The summed E-state index contributed by atoms with van der Waals surface area (Å²) in [6.45, 7) is 4.48. The molecule has 0 aliphatic carbocycles. The van der Waals surface area contributed by atoms with Crippen LogP contribution in [0.25, 0.3) is 11.1 Å². The van der Waals surface area contributed by atoms with Gasteiger partial charge in [0.25, 0.3) is 0 Å². The van der Waals surface area contributed by atoms with E-state index in [1.165, 1.54) is 18.2 Å². The zero-order valence-corrected chi connectivity index (χ0v) is 12.1. The van der Waals surface area contributed by atoms with E-state index in [1.54, 1.807) is 18.2 Å². The van der Waals surface area contributed by atoms with Crippen molar-refractivity contribution in [3.8, 4) is 11.1 Å². The van der Waals surface area contributed by atoms with Crippen molar-refractivity contribution < 1.29 is 8.78 Å². The van der Waals surface area contributed by atoms with Crippen LogP contribution >= 0.6 is 11.6 Å². The van der Waals surface area contributed by atoms with Gasteiger partial charge in [0.05, 0.1) is 5.02 Å². The van der Waals surface area contributed by atoms with Crippen LogP contribution in [-0.2, 0) is 6.54 Å². The zero-order valence-electron chi connectivity index (χ0n) is 11.4. The van der Waals surface area contributed by atoms with Gasteiger partial charge in [-0.25, -0.2) is 8.78 Å². The summed E-state index contributed by atoms with van der Waals surface area (Å²) >= 11 is 5.98. The maximum Gasteiger partial charge on any atom is 0.128 e. The van der Waals surface area contributed by atoms with E-state index < -0.39 is 5.82 Å². The molecule has 0 aromatic heterocycles. The Bertz CT molecular complexity index is 611. The Kier molecular flexibility index (Phi) is 4.73. The molecule has 0 aliphatic rings. The molecule has 0 aliphatic heterocycles. The molecule has 0 bridgehead atoms. The molecule has 0 amide bonds. The Morgan fingerprint density at radius 3 is 2.45 bits per heavy atom. The largest absolute Gasteiger partial charge is 0.310 e. The summed E-state index contributed by atoms with van der Waals surface area (Å²) < 4.78 is 27.1. The van der Waals surface area contributed by atoms with Gasteiger partial charge in [0.2, 0.25) is 0 Å². The minimum Gasteiger partial charge on any atom is -0.310 e. The van der Waals surface area contributed by atoms with E-state index in [-0.39, 0.29) is 10.8 Å². The van der Waals surface area contributed by atoms with Crippen LogP contribution in [0.1, 0.15) is 19.4 Å². The molecule has 0 heterocycles. The van der Waals surface area contributed by atoms with Crippen molar-refractivity contribution in [2.24, 2.45) is 0 Å². The van der Waals surface area contributed by atoms with Gasteiger partial charge in [-0.1, -0.05) is 37.6 Å². The smallest absolute Gasteiger partial charge is 0.128 e. The van der Waals surface area contributed by atoms with Gasteiger partial charge in [0.15, 0.2) is 0 Å². The summed E-state index contributed by atoms with van der Waals surface area (Å²) in [4.78, 5) is 0. The number of benzene rings is 2. The van der Waals surface area contributed by atoms with Gasteiger partial charge in [-0.05, 0) is 29.8 Å². The van der Waals surface area contributed by atoms with Crippen molar-refractivity contribution in [3.63, 3.8) is 0 Å². The maximum atomic E-state index is 14.0. The Balaban J connectivity index is 2.28. The lowest BCUT2D eigenvalue weighted by Gasteiger charge is -2.11. The normalized spacial score (nSPS) is 11.1. The van der Waals surface area contributed by atoms with E-state index in [0.29, 0.717) is 29.3 Å². The van der Waals surface area contributed by atoms with Crippen LogP contribution in [0, 0.1) is 11.6 Å². The second kappa shape index (κ2) is 6.33. The molecule has 0 saturated carbocycles. The molecule has 0 spiro atoms. The Morgan fingerprint density at radius 1 is 1.10 bits per heavy atom. The van der Waals surface area contributed by atoms with Gasteiger partial charge in [-0.3, -0.25) is 0 Å². The molecule has 20 heavy (non-hydrogen) atoms. The molecule has 0 atom stereocenters. The molecule has 0 fully saturated rings. The van der Waals surface area contributed by atoms with Crippen LogP contribution in [0.3, 0.4) is 0 Å². The van der Waals surface area contributed by atoms with Crippen LogP contribution in [0.5, 0.6) is 0 Å². The molecule has 4 heteroatoms. The molecule has 0 radical (unpaired) electrons. The van der Waals surface area contributed by atoms with E-state index in [2.05, 4.69) is 5.32 Å². The molecule has 0 saturated heterocycles. The van der Waals surface area contributed by atoms with Crippen molar-refractivity contribution >= 4 is 11.6 Å². The fourth-order valence-electron chi connectivity index (χ4n) is 1.90. The van der Waals surface area contributed by atoms with E-state index in [4.69, 9.17) is 11.6 Å². The van der Waals surface area contributed by atoms with Gasteiger partial charge in [0, 0.05) is 23.7 Å². The summed E-state index contributed by atoms with van der Waals surface area (Å²) in [6, 6.07) is 9.32. The molecule has 0 unspecified atom stereocenters. The van der Waals surface area contributed by atoms with Crippen LogP contribution in [0.15, 0.2) is 36.4 Å². The molecule has 1 nitrogen and oxygen atoms in total. The van der Waals surface area contributed by atoms with E-state index in [1.807, 2.05) is 13.8 Å². The minimum absolute atomic E-state index is 0.275. The van der Waals surface area contributed by atoms with E-state index in [9.17, 15) is 8.78 Å². The highest BCUT2D eigenvalue weighted by Crippen LogP contribution is 2.29. The van der Waals surface area contributed by atoms with Crippen molar-refractivity contribution in [1.29, 1.82) is 0 Å². The van der Waals surface area contributed by atoms with Gasteiger partial charge in [-0.2, -0.15) is 0 Å². The summed E-state index contributed by atoms with van der Waals surface area (Å²) in [5, 5.41) is 3.44. The molecule has 2 rings (SSSR count). The first-order valence-electron chi connectivity index (χ1n) is 6.44. The van der Waals surface area contributed by atoms with Gasteiger partial charge < -0.3 is 5.32 Å². The van der Waals surface area contributed by atoms with E-state index in [0.717, 1.165) is 0 Å². The van der Waals surface area contributed by atoms with Gasteiger partial charge in [-0.15, -0.1) is 0 Å². The van der Waals surface area contributed by atoms with Gasteiger partial charge >= 0.3 is 0 Å². The van der Waals surface area contributed by atoms with Crippen molar-refractivity contribution in [2.45, 2.75) is 26.4 Å². The Labute approximate surface area is 122 Å². The van der Waals surface area contributed by atoms with Crippen LogP contribution < -0.4 is 5.32 Å².